The van der Waals surface area contributed by atoms with Crippen LogP contribution in [0.3, 0.4) is 0 Å². The first kappa shape index (κ1) is 19.9. The molecule has 6 heteroatoms. The highest BCUT2D eigenvalue weighted by Crippen LogP contribution is 2.27. The minimum atomic E-state index is -1.46. The van der Waals surface area contributed by atoms with E-state index < -0.39 is 5.60 Å². The topological polar surface area (TPSA) is 61.8 Å². The van der Waals surface area contributed by atoms with Crippen LogP contribution < -0.4 is 10.1 Å². The van der Waals surface area contributed by atoms with Crippen molar-refractivity contribution in [3.63, 3.8) is 0 Å². The van der Waals surface area contributed by atoms with E-state index in [1.54, 1.807) is 17.0 Å². The lowest BCUT2D eigenvalue weighted by atomic mass is 9.91. The highest BCUT2D eigenvalue weighted by Gasteiger charge is 2.42. The van der Waals surface area contributed by atoms with Crippen molar-refractivity contribution >= 4 is 5.91 Å². The molecule has 2 N–H and O–H groups in total. The summed E-state index contributed by atoms with van der Waals surface area (Å²) in [7, 11) is 1.52. The summed E-state index contributed by atoms with van der Waals surface area (Å²) in [5, 5.41) is 14.5. The number of halogens is 1. The first-order valence-electron chi connectivity index (χ1n) is 10.1. The lowest BCUT2D eigenvalue weighted by molar-refractivity contribution is -0.157. The van der Waals surface area contributed by atoms with Crippen LogP contribution >= 0.6 is 0 Å². The second kappa shape index (κ2) is 8.13. The number of aliphatic hydroxyl groups is 1. The Morgan fingerprint density at radius 1 is 1.24 bits per heavy atom. The Labute approximate surface area is 170 Å². The maximum atomic E-state index is 14.2. The van der Waals surface area contributed by atoms with Gasteiger partial charge in [-0.15, -0.1) is 0 Å². The Kier molecular flexibility index (Phi) is 5.56. The number of amides is 1. The molecule has 1 saturated heterocycles. The number of rotatable bonds is 6. The van der Waals surface area contributed by atoms with Crippen molar-refractivity contribution in [3.8, 4) is 5.75 Å². The van der Waals surface area contributed by atoms with Crippen molar-refractivity contribution < 1.29 is 19.0 Å². The van der Waals surface area contributed by atoms with Gasteiger partial charge in [0.2, 0.25) is 0 Å². The summed E-state index contributed by atoms with van der Waals surface area (Å²) in [6.07, 6.45) is 2.90. The first-order chi connectivity index (χ1) is 14.0. The number of ether oxygens (including phenoxy) is 1. The van der Waals surface area contributed by atoms with Gasteiger partial charge in [-0.2, -0.15) is 0 Å². The molecule has 0 spiro atoms. The average molecular weight is 398 g/mol. The second-order valence-electron chi connectivity index (χ2n) is 8.07. The standard InChI is InChI=1S/C23H27FN2O3/c1-29-20-7-8-21(24)18(13-20)14-26-10-4-9-23(28,22(26)27)15-25-19-11-16-5-2-3-6-17(16)12-19/h2-3,5-8,13,19,25,28H,4,9-12,14-15H2,1H3/t23-/m0/s1. The zero-order valence-corrected chi connectivity index (χ0v) is 16.7. The monoisotopic (exact) mass is 398 g/mol. The molecule has 0 radical (unpaired) electrons. The average Bonchev–Trinajstić information content (AvgIpc) is 3.15. The molecule has 154 valence electrons. The van der Waals surface area contributed by atoms with Crippen LogP contribution in [0.2, 0.25) is 0 Å². The fraction of sp³-hybridized carbons (Fsp3) is 0.435. The van der Waals surface area contributed by atoms with Gasteiger partial charge in [-0.05, 0) is 55.0 Å². The van der Waals surface area contributed by atoms with Crippen molar-refractivity contribution in [2.24, 2.45) is 0 Å². The second-order valence-corrected chi connectivity index (χ2v) is 8.07. The van der Waals surface area contributed by atoms with E-state index in [-0.39, 0.29) is 30.9 Å². The predicted molar refractivity (Wildman–Crippen MR) is 108 cm³/mol. The smallest absolute Gasteiger partial charge is 0.256 e. The number of hydrogen-bond donors (Lipinski definition) is 2. The maximum absolute atomic E-state index is 14.2. The number of nitrogens with zero attached hydrogens (tertiary/aromatic N) is 1. The lowest BCUT2D eigenvalue weighted by Crippen LogP contribution is -2.58. The van der Waals surface area contributed by atoms with E-state index in [4.69, 9.17) is 4.74 Å². The molecule has 0 bridgehead atoms. The Bertz CT molecular complexity index is 878. The van der Waals surface area contributed by atoms with Crippen LogP contribution in [0.25, 0.3) is 0 Å². The number of likely N-dealkylation sites (tertiary alicyclic amines) is 1. The zero-order valence-electron chi connectivity index (χ0n) is 16.7. The first-order valence-corrected chi connectivity index (χ1v) is 10.1. The molecule has 0 aromatic heterocycles. The van der Waals surface area contributed by atoms with Crippen molar-refractivity contribution in [3.05, 3.63) is 65.0 Å². The summed E-state index contributed by atoms with van der Waals surface area (Å²) in [6, 6.07) is 13.0. The maximum Gasteiger partial charge on any atom is 0.256 e. The van der Waals surface area contributed by atoms with Crippen LogP contribution in [0, 0.1) is 5.82 Å². The van der Waals surface area contributed by atoms with Gasteiger partial charge < -0.3 is 20.1 Å². The molecule has 29 heavy (non-hydrogen) atoms. The van der Waals surface area contributed by atoms with Crippen molar-refractivity contribution in [2.75, 3.05) is 20.2 Å². The quantitative estimate of drug-likeness (QED) is 0.785. The zero-order chi connectivity index (χ0) is 20.4. The van der Waals surface area contributed by atoms with Crippen molar-refractivity contribution in [1.29, 1.82) is 0 Å². The minimum absolute atomic E-state index is 0.124. The molecule has 4 rings (SSSR count). The molecule has 2 aromatic rings. The Morgan fingerprint density at radius 3 is 2.66 bits per heavy atom. The molecule has 1 amide bonds. The van der Waals surface area contributed by atoms with Gasteiger partial charge in [-0.25, -0.2) is 4.39 Å². The van der Waals surface area contributed by atoms with E-state index in [9.17, 15) is 14.3 Å². The van der Waals surface area contributed by atoms with Gasteiger partial charge in [0.05, 0.1) is 7.11 Å². The molecule has 2 aromatic carbocycles. The minimum Gasteiger partial charge on any atom is -0.497 e. The summed E-state index contributed by atoms with van der Waals surface area (Å²) in [5.41, 5.74) is 1.58. The van der Waals surface area contributed by atoms with Gasteiger partial charge in [-0.1, -0.05) is 24.3 Å². The van der Waals surface area contributed by atoms with E-state index >= 15 is 0 Å². The highest BCUT2D eigenvalue weighted by molar-refractivity contribution is 5.86. The van der Waals surface area contributed by atoms with Crippen molar-refractivity contribution in [1.82, 2.24) is 10.2 Å². The third-order valence-corrected chi connectivity index (χ3v) is 6.05. The molecule has 1 heterocycles. The number of hydrogen-bond acceptors (Lipinski definition) is 4. The number of piperidine rings is 1. The molecule has 1 fully saturated rings. The van der Waals surface area contributed by atoms with Gasteiger partial charge in [-0.3, -0.25) is 4.79 Å². The fourth-order valence-electron chi connectivity index (χ4n) is 4.40. The molecule has 0 saturated carbocycles. The van der Waals surface area contributed by atoms with E-state index in [0.717, 1.165) is 12.8 Å². The van der Waals surface area contributed by atoms with E-state index in [0.29, 0.717) is 30.7 Å². The third kappa shape index (κ3) is 4.14. The summed E-state index contributed by atoms with van der Waals surface area (Å²) >= 11 is 0. The number of nitrogens with one attached hydrogen (secondary N) is 1. The summed E-state index contributed by atoms with van der Waals surface area (Å²) < 4.78 is 19.4. The number of carbonyl (C=O) groups excluding carboxylic acids is 1. The van der Waals surface area contributed by atoms with E-state index in [1.165, 1.54) is 24.3 Å². The van der Waals surface area contributed by atoms with Crippen LogP contribution in [-0.4, -0.2) is 47.8 Å². The number of methoxy groups -OCH3 is 1. The lowest BCUT2D eigenvalue weighted by Gasteiger charge is -2.39. The molecule has 5 nitrogen and oxygen atoms in total. The number of fused-ring (bicyclic) bond motifs is 1. The molecular formula is C23H27FN2O3. The Hall–Kier alpha value is -2.44. The van der Waals surface area contributed by atoms with Gasteiger partial charge in [0, 0.05) is 31.2 Å². The van der Waals surface area contributed by atoms with E-state index in [1.807, 2.05) is 12.1 Å². The van der Waals surface area contributed by atoms with Gasteiger partial charge in [0.1, 0.15) is 11.6 Å². The SMILES string of the molecule is COc1ccc(F)c(CN2CCC[C@](O)(CNC3Cc4ccccc4C3)C2=O)c1. The van der Waals surface area contributed by atoms with Gasteiger partial charge >= 0.3 is 0 Å². The third-order valence-electron chi connectivity index (χ3n) is 6.05. The molecule has 1 aliphatic heterocycles. The Balaban J connectivity index is 1.40. The number of benzene rings is 2. The van der Waals surface area contributed by atoms with Crippen molar-refractivity contribution in [2.45, 2.75) is 43.9 Å². The fourth-order valence-corrected chi connectivity index (χ4v) is 4.40. The molecule has 2 aliphatic rings. The highest BCUT2D eigenvalue weighted by atomic mass is 19.1. The predicted octanol–water partition coefficient (Wildman–Crippen LogP) is 2.44. The number of carbonyl (C=O) groups is 1. The van der Waals surface area contributed by atoms with Crippen LogP contribution in [-0.2, 0) is 24.2 Å². The summed E-state index contributed by atoms with van der Waals surface area (Å²) in [4.78, 5) is 14.6. The normalized spacial score (nSPS) is 22.0. The molecule has 1 atom stereocenters. The van der Waals surface area contributed by atoms with Gasteiger partial charge in [0.15, 0.2) is 5.60 Å². The van der Waals surface area contributed by atoms with E-state index in [2.05, 4.69) is 17.4 Å². The largest absolute Gasteiger partial charge is 0.497 e. The Morgan fingerprint density at radius 2 is 1.97 bits per heavy atom. The summed E-state index contributed by atoms with van der Waals surface area (Å²) in [5.74, 6) is -0.174. The molecule has 0 unspecified atom stereocenters. The van der Waals surface area contributed by atoms with Crippen LogP contribution in [0.5, 0.6) is 5.75 Å². The summed E-state index contributed by atoms with van der Waals surface area (Å²) in [6.45, 7) is 0.841. The molecule has 1 aliphatic carbocycles. The van der Waals surface area contributed by atoms with Crippen LogP contribution in [0.15, 0.2) is 42.5 Å². The van der Waals surface area contributed by atoms with Crippen LogP contribution in [0.4, 0.5) is 4.39 Å². The molecular weight excluding hydrogens is 371 g/mol. The van der Waals surface area contributed by atoms with Gasteiger partial charge in [0.25, 0.3) is 5.91 Å². The van der Waals surface area contributed by atoms with Crippen LogP contribution in [0.1, 0.15) is 29.5 Å².